The van der Waals surface area contributed by atoms with Crippen LogP contribution in [-0.4, -0.2) is 16.9 Å². The molecule has 0 saturated heterocycles. The smallest absolute Gasteiger partial charge is 0.126 e. The van der Waals surface area contributed by atoms with Crippen molar-refractivity contribution < 1.29 is 4.74 Å². The zero-order valence-electron chi connectivity index (χ0n) is 10.4. The Hall–Kier alpha value is -2.05. The van der Waals surface area contributed by atoms with Crippen molar-refractivity contribution in [3.05, 3.63) is 41.6 Å². The number of ether oxygens (including phenoxy) is 1. The molecule has 0 aliphatic heterocycles. The molecular formula is C12H17N5O. The van der Waals surface area contributed by atoms with Crippen LogP contribution in [0.15, 0.2) is 30.5 Å². The average Bonchev–Trinajstić information content (AvgIpc) is 2.73. The number of nitrogen functional groups attached to an aromatic ring is 1. The summed E-state index contributed by atoms with van der Waals surface area (Å²) in [5.41, 5.74) is 10.6. The van der Waals surface area contributed by atoms with E-state index in [0.717, 1.165) is 16.9 Å². The molecule has 0 saturated carbocycles. The Morgan fingerprint density at radius 1 is 1.33 bits per heavy atom. The molecule has 0 radical (unpaired) electrons. The van der Waals surface area contributed by atoms with Crippen molar-refractivity contribution in [1.82, 2.24) is 15.2 Å². The van der Waals surface area contributed by atoms with E-state index < -0.39 is 0 Å². The number of benzene rings is 1. The maximum absolute atomic E-state index is 5.95. The fraction of sp³-hybridized carbons (Fsp3) is 0.250. The van der Waals surface area contributed by atoms with Gasteiger partial charge >= 0.3 is 0 Å². The third-order valence-corrected chi connectivity index (χ3v) is 2.94. The third-order valence-electron chi connectivity index (χ3n) is 2.94. The molecule has 1 atom stereocenters. The molecule has 1 aromatic carbocycles. The van der Waals surface area contributed by atoms with E-state index in [-0.39, 0.29) is 6.04 Å². The number of nitrogens with zero attached hydrogens (tertiary/aromatic N) is 2. The first-order valence-electron chi connectivity index (χ1n) is 5.54. The summed E-state index contributed by atoms with van der Waals surface area (Å²) in [6, 6.07) is 7.45. The maximum atomic E-state index is 5.95. The summed E-state index contributed by atoms with van der Waals surface area (Å²) in [6.45, 7) is 0. The van der Waals surface area contributed by atoms with Gasteiger partial charge in [-0.3, -0.25) is 10.5 Å². The Labute approximate surface area is 106 Å². The monoisotopic (exact) mass is 247 g/mol. The largest absolute Gasteiger partial charge is 0.497 e. The number of methoxy groups -OCH3 is 1. The highest BCUT2D eigenvalue weighted by Crippen LogP contribution is 2.26. The van der Waals surface area contributed by atoms with Gasteiger partial charge in [0.15, 0.2) is 0 Å². The number of anilines is 1. The van der Waals surface area contributed by atoms with Gasteiger partial charge in [0.2, 0.25) is 0 Å². The van der Waals surface area contributed by atoms with E-state index in [4.69, 9.17) is 16.3 Å². The first-order valence-corrected chi connectivity index (χ1v) is 5.54. The number of hydrazine groups is 1. The lowest BCUT2D eigenvalue weighted by molar-refractivity contribution is 0.414. The number of aryl methyl sites for hydroxylation is 1. The molecule has 1 heterocycles. The predicted molar refractivity (Wildman–Crippen MR) is 69.8 cm³/mol. The van der Waals surface area contributed by atoms with Crippen molar-refractivity contribution >= 4 is 5.82 Å². The zero-order chi connectivity index (χ0) is 13.1. The topological polar surface area (TPSA) is 91.1 Å². The molecule has 0 bridgehead atoms. The minimum Gasteiger partial charge on any atom is -0.497 e. The number of nitrogens with one attached hydrogen (secondary N) is 1. The molecular weight excluding hydrogens is 230 g/mol. The number of nitrogens with two attached hydrogens (primary N) is 2. The predicted octanol–water partition coefficient (Wildman–Crippen LogP) is 0.564. The standard InChI is InChI=1S/C12H17N5O/c1-17-12(13)10(7-15-17)11(16-14)8-3-5-9(18-2)6-4-8/h3-7,11,16H,13-14H2,1-2H3. The fourth-order valence-corrected chi connectivity index (χ4v) is 1.85. The van der Waals surface area contributed by atoms with Crippen molar-refractivity contribution in [1.29, 1.82) is 0 Å². The molecule has 6 heteroatoms. The van der Waals surface area contributed by atoms with Gasteiger partial charge in [0.1, 0.15) is 11.6 Å². The lowest BCUT2D eigenvalue weighted by atomic mass is 10.0. The average molecular weight is 247 g/mol. The second kappa shape index (κ2) is 5.07. The van der Waals surface area contributed by atoms with Gasteiger partial charge < -0.3 is 10.5 Å². The summed E-state index contributed by atoms with van der Waals surface area (Å²) >= 11 is 0. The molecule has 5 N–H and O–H groups in total. The molecule has 6 nitrogen and oxygen atoms in total. The van der Waals surface area contributed by atoms with Gasteiger partial charge in [0.05, 0.1) is 19.3 Å². The number of hydrogen-bond donors (Lipinski definition) is 3. The van der Waals surface area contributed by atoms with Crippen molar-refractivity contribution in [2.75, 3.05) is 12.8 Å². The van der Waals surface area contributed by atoms with E-state index in [9.17, 15) is 0 Å². The van der Waals surface area contributed by atoms with Gasteiger partial charge in [-0.05, 0) is 17.7 Å². The minimum atomic E-state index is -0.190. The van der Waals surface area contributed by atoms with Crippen LogP contribution in [0.2, 0.25) is 0 Å². The Bertz CT molecular complexity index is 520. The summed E-state index contributed by atoms with van der Waals surface area (Å²) in [6.07, 6.45) is 1.71. The molecule has 2 rings (SSSR count). The normalized spacial score (nSPS) is 12.4. The van der Waals surface area contributed by atoms with E-state index in [0.29, 0.717) is 5.82 Å². The Balaban J connectivity index is 2.35. The van der Waals surface area contributed by atoms with Crippen molar-refractivity contribution in [3.63, 3.8) is 0 Å². The van der Waals surface area contributed by atoms with E-state index in [1.54, 1.807) is 25.0 Å². The van der Waals surface area contributed by atoms with E-state index in [1.807, 2.05) is 24.3 Å². The molecule has 0 fully saturated rings. The lowest BCUT2D eigenvalue weighted by Crippen LogP contribution is -2.29. The van der Waals surface area contributed by atoms with Gasteiger partial charge in [-0.15, -0.1) is 0 Å². The number of aromatic nitrogens is 2. The summed E-state index contributed by atoms with van der Waals surface area (Å²) in [5, 5.41) is 4.12. The maximum Gasteiger partial charge on any atom is 0.126 e. The fourth-order valence-electron chi connectivity index (χ4n) is 1.85. The summed E-state index contributed by atoms with van der Waals surface area (Å²) in [7, 11) is 3.42. The van der Waals surface area contributed by atoms with Gasteiger partial charge in [-0.2, -0.15) is 5.10 Å². The van der Waals surface area contributed by atoms with Crippen molar-refractivity contribution in [3.8, 4) is 5.75 Å². The van der Waals surface area contributed by atoms with Gasteiger partial charge in [-0.1, -0.05) is 12.1 Å². The lowest BCUT2D eigenvalue weighted by Gasteiger charge is -2.16. The summed E-state index contributed by atoms with van der Waals surface area (Å²) < 4.78 is 6.74. The van der Waals surface area contributed by atoms with Crippen LogP contribution in [0, 0.1) is 0 Å². The van der Waals surface area contributed by atoms with Crippen LogP contribution in [0.3, 0.4) is 0 Å². The van der Waals surface area contributed by atoms with Crippen LogP contribution >= 0.6 is 0 Å². The molecule has 1 unspecified atom stereocenters. The van der Waals surface area contributed by atoms with Crippen molar-refractivity contribution in [2.45, 2.75) is 6.04 Å². The van der Waals surface area contributed by atoms with Gasteiger partial charge in [-0.25, -0.2) is 5.43 Å². The molecule has 0 aliphatic carbocycles. The van der Waals surface area contributed by atoms with Crippen LogP contribution in [0.25, 0.3) is 0 Å². The van der Waals surface area contributed by atoms with Crippen LogP contribution in [-0.2, 0) is 7.05 Å². The minimum absolute atomic E-state index is 0.190. The van der Waals surface area contributed by atoms with Crippen LogP contribution in [0.5, 0.6) is 5.75 Å². The second-order valence-corrected chi connectivity index (χ2v) is 3.98. The van der Waals surface area contributed by atoms with Gasteiger partial charge in [0.25, 0.3) is 0 Å². The van der Waals surface area contributed by atoms with E-state index in [1.165, 1.54) is 0 Å². The molecule has 2 aromatic rings. The number of rotatable bonds is 4. The molecule has 96 valence electrons. The Morgan fingerprint density at radius 2 is 2.00 bits per heavy atom. The Kier molecular flexibility index (Phi) is 3.50. The molecule has 1 aromatic heterocycles. The van der Waals surface area contributed by atoms with Crippen LogP contribution < -0.4 is 21.7 Å². The summed E-state index contributed by atoms with van der Waals surface area (Å²) in [4.78, 5) is 0. The Morgan fingerprint density at radius 3 is 2.44 bits per heavy atom. The highest BCUT2D eigenvalue weighted by molar-refractivity contribution is 5.46. The first kappa shape index (κ1) is 12.4. The highest BCUT2D eigenvalue weighted by atomic mass is 16.5. The molecule has 0 amide bonds. The summed E-state index contributed by atoms with van der Waals surface area (Å²) in [5.74, 6) is 7.00. The SMILES string of the molecule is COc1ccc(C(NN)c2cnn(C)c2N)cc1. The van der Waals surface area contributed by atoms with Gasteiger partial charge in [0, 0.05) is 12.6 Å². The van der Waals surface area contributed by atoms with E-state index >= 15 is 0 Å². The zero-order valence-corrected chi connectivity index (χ0v) is 10.4. The quantitative estimate of drug-likeness (QED) is 0.542. The molecule has 0 spiro atoms. The molecule has 18 heavy (non-hydrogen) atoms. The number of hydrogen-bond acceptors (Lipinski definition) is 5. The second-order valence-electron chi connectivity index (χ2n) is 3.98. The van der Waals surface area contributed by atoms with Crippen LogP contribution in [0.1, 0.15) is 17.2 Å². The van der Waals surface area contributed by atoms with Crippen molar-refractivity contribution in [2.24, 2.45) is 12.9 Å². The molecule has 0 aliphatic rings. The third kappa shape index (κ3) is 2.15. The highest BCUT2D eigenvalue weighted by Gasteiger charge is 2.18. The van der Waals surface area contributed by atoms with E-state index in [2.05, 4.69) is 10.5 Å². The van der Waals surface area contributed by atoms with Crippen LogP contribution in [0.4, 0.5) is 5.82 Å². The first-order chi connectivity index (χ1) is 8.67.